The van der Waals surface area contributed by atoms with Gasteiger partial charge in [-0.05, 0) is 217 Å². The van der Waals surface area contributed by atoms with Crippen molar-refractivity contribution in [3.8, 4) is 0 Å². The van der Waals surface area contributed by atoms with Crippen molar-refractivity contribution in [1.82, 2.24) is 5.32 Å². The Balaban J connectivity index is 0.845. The lowest BCUT2D eigenvalue weighted by Gasteiger charge is -2.64. The largest absolute Gasteiger partial charge is 0.469 e. The summed E-state index contributed by atoms with van der Waals surface area (Å²) in [5.74, 6) is 2.25. The predicted octanol–water partition coefficient (Wildman–Crippen LogP) is 11.2. The fraction of sp³-hybridized carbons (Fsp3) is 0.778. The van der Waals surface area contributed by atoms with Gasteiger partial charge in [-0.3, -0.25) is 14.4 Å². The number of fused-ring (bicyclic) bond motifs is 9. The first-order valence-corrected chi connectivity index (χ1v) is 29.6. The number of hydrogen-bond acceptors (Lipinski definition) is 12. The van der Waals surface area contributed by atoms with E-state index in [0.29, 0.717) is 56.6 Å². The Morgan fingerprint density at radius 1 is 0.882 bits per heavy atom. The van der Waals surface area contributed by atoms with E-state index in [1.165, 1.54) is 23.8 Å². The number of alkyl carbamates (subject to hydrolysis) is 1. The number of allylic oxidation sites excluding steroid dienone is 4. The summed E-state index contributed by atoms with van der Waals surface area (Å²) in [6.07, 6.45) is 15.2. The molecule has 0 bridgehead atoms. The SMILES string of the molecule is COC(=O)CC[C@@H](C)[C@H]1CC[C@H]2[C@@H]3[C@H](OCOC(=O)CCCNC(=O)OC(C)(C)C)C[C@@H]4C[C@@H](OCCN(C)c5ccc([C@H]6C[C@@]7(C)C(CC[C@]7(C)O)C7CCC8=CC(=O)CCC8=C76)cc5)CC[C@]4(C)[C@H]3C[C@H](O)[C@]12C. The van der Waals surface area contributed by atoms with E-state index >= 15 is 0 Å². The van der Waals surface area contributed by atoms with E-state index in [-0.39, 0.29) is 94.9 Å². The summed E-state index contributed by atoms with van der Waals surface area (Å²) in [5, 5.41) is 27.0. The molecule has 8 aliphatic carbocycles. The molecule has 1 aromatic carbocycles. The Bertz CT molecular complexity index is 2360. The third kappa shape index (κ3) is 11.1. The number of carbonyl (C=O) groups is 4. The molecule has 9 rings (SSSR count). The van der Waals surface area contributed by atoms with Crippen LogP contribution >= 0.6 is 0 Å². The van der Waals surface area contributed by atoms with Crippen LogP contribution in [-0.2, 0) is 38.1 Å². The Hall–Kier alpha value is -3.78. The highest BCUT2D eigenvalue weighted by molar-refractivity contribution is 5.93. The molecule has 3 N–H and O–H groups in total. The van der Waals surface area contributed by atoms with Gasteiger partial charge in [-0.25, -0.2) is 4.79 Å². The fourth-order valence-electron chi connectivity index (χ4n) is 17.7. The molecule has 0 aliphatic heterocycles. The number of benzene rings is 1. The number of esters is 2. The van der Waals surface area contributed by atoms with Crippen molar-refractivity contribution in [2.75, 3.05) is 45.5 Å². The minimum absolute atomic E-state index is 0.0113. The molecule has 0 saturated heterocycles. The molecule has 16 atom stereocenters. The Labute approximate surface area is 454 Å². The van der Waals surface area contributed by atoms with E-state index in [1.54, 1.807) is 5.57 Å². The van der Waals surface area contributed by atoms with E-state index in [9.17, 15) is 29.4 Å². The molecule has 8 aliphatic rings. The van der Waals surface area contributed by atoms with Crippen LogP contribution in [0.2, 0.25) is 0 Å². The summed E-state index contributed by atoms with van der Waals surface area (Å²) in [4.78, 5) is 52.2. The Morgan fingerprint density at radius 3 is 2.38 bits per heavy atom. The highest BCUT2D eigenvalue weighted by Gasteiger charge is 2.66. The number of hydrogen-bond donors (Lipinski definition) is 3. The Morgan fingerprint density at radius 2 is 1.64 bits per heavy atom. The normalized spacial score (nSPS) is 38.0. The van der Waals surface area contributed by atoms with Crippen molar-refractivity contribution >= 4 is 29.5 Å². The minimum Gasteiger partial charge on any atom is -0.469 e. The number of nitrogens with zero attached hydrogens (tertiary/aromatic N) is 1. The molecule has 6 saturated carbocycles. The lowest BCUT2D eigenvalue weighted by Crippen LogP contribution is -2.63. The number of carbonyl (C=O) groups excluding carboxylic acids is 4. The molecule has 0 heterocycles. The number of nitrogens with one attached hydrogen (secondary N) is 1. The zero-order valence-corrected chi connectivity index (χ0v) is 47.9. The molecule has 0 aromatic heterocycles. The molecule has 2 unspecified atom stereocenters. The van der Waals surface area contributed by atoms with Crippen molar-refractivity contribution in [1.29, 1.82) is 0 Å². The summed E-state index contributed by atoms with van der Waals surface area (Å²) < 4.78 is 29.7. The highest BCUT2D eigenvalue weighted by atomic mass is 16.7. The molecule has 13 heteroatoms. The lowest BCUT2D eigenvalue weighted by atomic mass is 9.43. The van der Waals surface area contributed by atoms with Crippen LogP contribution < -0.4 is 10.2 Å². The van der Waals surface area contributed by atoms with Crippen molar-refractivity contribution in [2.24, 2.45) is 63.6 Å². The van der Waals surface area contributed by atoms with E-state index in [1.807, 2.05) is 26.8 Å². The Kier molecular flexibility index (Phi) is 16.8. The topological polar surface area (TPSA) is 170 Å². The van der Waals surface area contributed by atoms with Gasteiger partial charge in [0.15, 0.2) is 12.6 Å². The van der Waals surface area contributed by atoms with Gasteiger partial charge in [-0.1, -0.05) is 45.4 Å². The van der Waals surface area contributed by atoms with Gasteiger partial charge in [0.05, 0.1) is 37.6 Å². The van der Waals surface area contributed by atoms with Gasteiger partial charge < -0.3 is 44.1 Å². The summed E-state index contributed by atoms with van der Waals surface area (Å²) in [7, 11) is 3.58. The van der Waals surface area contributed by atoms with E-state index in [0.717, 1.165) is 95.7 Å². The van der Waals surface area contributed by atoms with Crippen molar-refractivity contribution in [2.45, 2.75) is 206 Å². The number of ether oxygens (including phenoxy) is 5. The number of aliphatic hydroxyl groups excluding tert-OH is 1. The van der Waals surface area contributed by atoms with Gasteiger partial charge in [0.1, 0.15) is 5.60 Å². The molecule has 422 valence electrons. The maximum atomic E-state index is 13.0. The number of methoxy groups -OCH3 is 1. The number of likely N-dealkylation sites (N-methyl/N-ethyl adjacent to an activating group) is 1. The standard InChI is InChI=1S/C63H94N2O11/c1-38(13-24-54(68)72-10)48-22-23-50-57-51(35-53(67)63(48,50)8)60(5)27-25-44(33-41(60)34-52(57)74-37-75-55(69)12-11-29-64-58(70)76-59(2,3)4)73-31-30-65(9)42-17-14-39(15-18-42)47-36-61(6)49(26-28-62(61,7)71)46-20-16-40-32-43(66)19-21-45(40)56(46)47/h14-15,17-18,32,38,41,44,46-53,57,67,71H,11-13,16,19-31,33-37H2,1-10H3,(H,64,70)/t38-,41+,44+,46?,47-,48-,49?,50+,51+,52-,53+,57+,60+,61+,62+,63-/m1/s1. The quantitative estimate of drug-likeness (QED) is 0.0585. The van der Waals surface area contributed by atoms with E-state index < -0.39 is 23.4 Å². The molecule has 0 radical (unpaired) electrons. The van der Waals surface area contributed by atoms with Gasteiger partial charge in [0.2, 0.25) is 0 Å². The zero-order chi connectivity index (χ0) is 54.5. The smallest absolute Gasteiger partial charge is 0.407 e. The van der Waals surface area contributed by atoms with Crippen LogP contribution in [0.5, 0.6) is 0 Å². The first-order chi connectivity index (χ1) is 36.0. The van der Waals surface area contributed by atoms with Gasteiger partial charge in [0.25, 0.3) is 0 Å². The first-order valence-electron chi connectivity index (χ1n) is 29.6. The molecule has 1 aromatic rings. The third-order valence-electron chi connectivity index (χ3n) is 22.0. The average Bonchev–Trinajstić information content (AvgIpc) is 3.99. The van der Waals surface area contributed by atoms with Crippen LogP contribution in [0.4, 0.5) is 10.5 Å². The summed E-state index contributed by atoms with van der Waals surface area (Å²) in [6.45, 7) is 18.3. The lowest BCUT2D eigenvalue weighted by molar-refractivity contribution is -0.232. The molecular weight excluding hydrogens is 961 g/mol. The minimum atomic E-state index is -0.700. The monoisotopic (exact) mass is 1050 g/mol. The summed E-state index contributed by atoms with van der Waals surface area (Å²) >= 11 is 0. The third-order valence-corrected chi connectivity index (χ3v) is 22.0. The average molecular weight is 1060 g/mol. The first kappa shape index (κ1) is 56.9. The van der Waals surface area contributed by atoms with Crippen LogP contribution in [0.25, 0.3) is 0 Å². The van der Waals surface area contributed by atoms with E-state index in [4.69, 9.17) is 23.7 Å². The predicted molar refractivity (Wildman–Crippen MR) is 292 cm³/mol. The molecule has 6 fully saturated rings. The fourth-order valence-corrected chi connectivity index (χ4v) is 17.7. The second-order valence-corrected chi connectivity index (χ2v) is 27.1. The van der Waals surface area contributed by atoms with Crippen LogP contribution in [-0.4, -0.2) is 104 Å². The molecule has 76 heavy (non-hydrogen) atoms. The van der Waals surface area contributed by atoms with Crippen LogP contribution in [0, 0.1) is 63.6 Å². The number of aliphatic hydroxyl groups is 2. The summed E-state index contributed by atoms with van der Waals surface area (Å²) in [6, 6.07) is 9.14. The molecule has 13 nitrogen and oxygen atoms in total. The second-order valence-electron chi connectivity index (χ2n) is 27.1. The van der Waals surface area contributed by atoms with E-state index in [2.05, 4.69) is 76.1 Å². The zero-order valence-electron chi connectivity index (χ0n) is 47.9. The maximum absolute atomic E-state index is 13.0. The number of ketones is 1. The van der Waals surface area contributed by atoms with Gasteiger partial charge in [0, 0.05) is 56.4 Å². The van der Waals surface area contributed by atoms with Crippen molar-refractivity contribution < 1.29 is 53.1 Å². The van der Waals surface area contributed by atoms with Gasteiger partial charge in [-0.2, -0.15) is 0 Å². The highest BCUT2D eigenvalue weighted by Crippen LogP contribution is 2.70. The van der Waals surface area contributed by atoms with Crippen LogP contribution in [0.3, 0.4) is 0 Å². The maximum Gasteiger partial charge on any atom is 0.407 e. The van der Waals surface area contributed by atoms with Crippen molar-refractivity contribution in [3.63, 3.8) is 0 Å². The summed E-state index contributed by atoms with van der Waals surface area (Å²) in [5.41, 5.74) is 4.89. The second kappa shape index (κ2) is 22.4. The van der Waals surface area contributed by atoms with Gasteiger partial charge in [-0.15, -0.1) is 0 Å². The molecule has 0 spiro atoms. The van der Waals surface area contributed by atoms with Crippen LogP contribution in [0.1, 0.15) is 182 Å². The number of rotatable bonds is 17. The molecule has 1 amide bonds. The molecular formula is C63H94N2O11. The van der Waals surface area contributed by atoms with Crippen LogP contribution in [0.15, 0.2) is 47.1 Å². The van der Waals surface area contributed by atoms with Gasteiger partial charge >= 0.3 is 18.0 Å². The number of amides is 1. The van der Waals surface area contributed by atoms with Crippen molar-refractivity contribution in [3.05, 3.63) is 52.6 Å². The number of anilines is 1.